The lowest BCUT2D eigenvalue weighted by molar-refractivity contribution is 0.441. The van der Waals surface area contributed by atoms with Gasteiger partial charge in [0.15, 0.2) is 5.65 Å². The minimum absolute atomic E-state index is 0.689. The van der Waals surface area contributed by atoms with E-state index in [1.54, 1.807) is 0 Å². The zero-order valence-corrected chi connectivity index (χ0v) is 10.7. The Labute approximate surface area is 103 Å². The third-order valence-electron chi connectivity index (χ3n) is 3.38. The third-order valence-corrected chi connectivity index (χ3v) is 3.77. The number of halogens is 1. The largest absolute Gasteiger partial charge is 0.237 e. The summed E-state index contributed by atoms with van der Waals surface area (Å²) >= 11 is 3.37. The van der Waals surface area contributed by atoms with Crippen LogP contribution in [0.4, 0.5) is 0 Å². The molecule has 0 bridgehead atoms. The van der Waals surface area contributed by atoms with Gasteiger partial charge >= 0.3 is 0 Å². The van der Waals surface area contributed by atoms with Crippen molar-refractivity contribution >= 4 is 21.6 Å². The maximum absolute atomic E-state index is 4.45. The van der Waals surface area contributed by atoms with Gasteiger partial charge in [0.2, 0.25) is 0 Å². The fourth-order valence-electron chi connectivity index (χ4n) is 2.51. The van der Waals surface area contributed by atoms with Gasteiger partial charge in [-0.15, -0.1) is 0 Å². The van der Waals surface area contributed by atoms with Crippen LogP contribution in [0.25, 0.3) is 5.65 Å². The van der Waals surface area contributed by atoms with Gasteiger partial charge in [-0.3, -0.25) is 0 Å². The van der Waals surface area contributed by atoms with Gasteiger partial charge in [0.05, 0.1) is 0 Å². The average molecular weight is 280 g/mol. The summed E-state index contributed by atoms with van der Waals surface area (Å²) in [6.07, 6.45) is 10.8. The normalized spacial score (nSPS) is 18.1. The van der Waals surface area contributed by atoms with Gasteiger partial charge in [0.25, 0.3) is 0 Å². The highest BCUT2D eigenvalue weighted by atomic mass is 79.9. The molecule has 3 nitrogen and oxygen atoms in total. The summed E-state index contributed by atoms with van der Waals surface area (Å²) in [5.74, 6) is 0.689. The van der Waals surface area contributed by atoms with Crippen LogP contribution in [0.5, 0.6) is 0 Å². The topological polar surface area (TPSA) is 30.2 Å². The van der Waals surface area contributed by atoms with Gasteiger partial charge in [-0.1, -0.05) is 19.3 Å². The molecule has 0 spiro atoms. The van der Waals surface area contributed by atoms with E-state index in [4.69, 9.17) is 0 Å². The van der Waals surface area contributed by atoms with E-state index in [0.717, 1.165) is 10.3 Å². The second kappa shape index (κ2) is 4.17. The SMILES string of the molecule is Brc1cc2ncc(C3CCCCC3)cn2n1. The predicted molar refractivity (Wildman–Crippen MR) is 66.5 cm³/mol. The fourth-order valence-corrected chi connectivity index (χ4v) is 2.88. The molecule has 1 aliphatic rings. The zero-order valence-electron chi connectivity index (χ0n) is 9.06. The first-order valence-electron chi connectivity index (χ1n) is 5.84. The smallest absolute Gasteiger partial charge is 0.156 e. The van der Waals surface area contributed by atoms with Crippen LogP contribution in [-0.4, -0.2) is 14.6 Å². The second-order valence-electron chi connectivity index (χ2n) is 4.49. The average Bonchev–Trinajstić information content (AvgIpc) is 2.69. The van der Waals surface area contributed by atoms with Crippen molar-refractivity contribution < 1.29 is 0 Å². The maximum atomic E-state index is 4.45. The van der Waals surface area contributed by atoms with Gasteiger partial charge in [-0.05, 0) is 40.3 Å². The lowest BCUT2D eigenvalue weighted by Gasteiger charge is -2.21. The number of rotatable bonds is 1. The Hall–Kier alpha value is -0.900. The molecule has 2 aromatic rings. The number of hydrogen-bond acceptors (Lipinski definition) is 2. The van der Waals surface area contributed by atoms with Crippen molar-refractivity contribution in [2.75, 3.05) is 0 Å². The molecule has 0 aromatic carbocycles. The minimum Gasteiger partial charge on any atom is -0.237 e. The molecular formula is C12H14BrN3. The third kappa shape index (κ3) is 1.86. The van der Waals surface area contributed by atoms with Crippen molar-refractivity contribution in [3.05, 3.63) is 28.6 Å². The summed E-state index contributed by atoms with van der Waals surface area (Å²) in [5.41, 5.74) is 2.24. The van der Waals surface area contributed by atoms with E-state index in [0.29, 0.717) is 5.92 Å². The first-order valence-corrected chi connectivity index (χ1v) is 6.63. The number of hydrogen-bond donors (Lipinski definition) is 0. The fraction of sp³-hybridized carbons (Fsp3) is 0.500. The molecule has 0 radical (unpaired) electrons. The Morgan fingerprint density at radius 2 is 2.06 bits per heavy atom. The Kier molecular flexibility index (Phi) is 2.67. The number of aromatic nitrogens is 3. The van der Waals surface area contributed by atoms with Crippen molar-refractivity contribution in [2.24, 2.45) is 0 Å². The van der Waals surface area contributed by atoms with E-state index < -0.39 is 0 Å². The first kappa shape index (κ1) is 10.3. The number of nitrogens with zero attached hydrogens (tertiary/aromatic N) is 3. The van der Waals surface area contributed by atoms with Gasteiger partial charge in [0, 0.05) is 18.5 Å². The van der Waals surface area contributed by atoms with Crippen LogP contribution in [0.1, 0.15) is 43.6 Å². The molecule has 0 aliphatic heterocycles. The van der Waals surface area contributed by atoms with Crippen LogP contribution in [0, 0.1) is 0 Å². The molecule has 1 aliphatic carbocycles. The summed E-state index contributed by atoms with van der Waals surface area (Å²) in [5, 5.41) is 4.34. The van der Waals surface area contributed by atoms with Crippen LogP contribution in [0.2, 0.25) is 0 Å². The number of fused-ring (bicyclic) bond motifs is 1. The standard InChI is InChI=1S/C12H14BrN3/c13-11-6-12-14-7-10(8-16(12)15-11)9-4-2-1-3-5-9/h6-9H,1-5H2. The molecule has 2 aromatic heterocycles. The molecule has 0 N–H and O–H groups in total. The monoisotopic (exact) mass is 279 g/mol. The summed E-state index contributed by atoms with van der Waals surface area (Å²) in [6, 6.07) is 1.94. The molecule has 1 saturated carbocycles. The lowest BCUT2D eigenvalue weighted by Crippen LogP contribution is -2.06. The Bertz CT molecular complexity index is 500. The van der Waals surface area contributed by atoms with E-state index in [1.807, 2.05) is 16.8 Å². The highest BCUT2D eigenvalue weighted by molar-refractivity contribution is 9.10. The van der Waals surface area contributed by atoms with Crippen LogP contribution in [-0.2, 0) is 0 Å². The Balaban J connectivity index is 1.97. The van der Waals surface area contributed by atoms with Crippen LogP contribution in [0.3, 0.4) is 0 Å². The van der Waals surface area contributed by atoms with Gasteiger partial charge in [0.1, 0.15) is 4.60 Å². The van der Waals surface area contributed by atoms with Crippen LogP contribution in [0.15, 0.2) is 23.1 Å². The lowest BCUT2D eigenvalue weighted by atomic mass is 9.85. The van der Waals surface area contributed by atoms with E-state index in [-0.39, 0.29) is 0 Å². The van der Waals surface area contributed by atoms with Crippen molar-refractivity contribution in [2.45, 2.75) is 38.0 Å². The molecule has 3 rings (SSSR count). The maximum Gasteiger partial charge on any atom is 0.156 e. The van der Waals surface area contributed by atoms with Crippen molar-refractivity contribution in [3.63, 3.8) is 0 Å². The summed E-state index contributed by atoms with van der Waals surface area (Å²) in [6.45, 7) is 0. The highest BCUT2D eigenvalue weighted by Gasteiger charge is 2.16. The molecule has 0 saturated heterocycles. The highest BCUT2D eigenvalue weighted by Crippen LogP contribution is 2.32. The van der Waals surface area contributed by atoms with Gasteiger partial charge in [-0.2, -0.15) is 5.10 Å². The first-order chi connectivity index (χ1) is 7.83. The Morgan fingerprint density at radius 3 is 2.88 bits per heavy atom. The molecule has 0 atom stereocenters. The molecule has 0 amide bonds. The van der Waals surface area contributed by atoms with Crippen molar-refractivity contribution in [1.82, 2.24) is 14.6 Å². The predicted octanol–water partition coefficient (Wildman–Crippen LogP) is 3.54. The molecule has 0 unspecified atom stereocenters. The quantitative estimate of drug-likeness (QED) is 0.799. The van der Waals surface area contributed by atoms with Crippen molar-refractivity contribution in [3.8, 4) is 0 Å². The van der Waals surface area contributed by atoms with Crippen LogP contribution >= 0.6 is 15.9 Å². The molecular weight excluding hydrogens is 266 g/mol. The molecule has 1 fully saturated rings. The zero-order chi connectivity index (χ0) is 11.0. The van der Waals surface area contributed by atoms with E-state index in [9.17, 15) is 0 Å². The summed E-state index contributed by atoms with van der Waals surface area (Å²) < 4.78 is 2.72. The van der Waals surface area contributed by atoms with Crippen LogP contribution < -0.4 is 0 Å². The summed E-state index contributed by atoms with van der Waals surface area (Å²) in [7, 11) is 0. The summed E-state index contributed by atoms with van der Waals surface area (Å²) in [4.78, 5) is 4.45. The van der Waals surface area contributed by atoms with E-state index >= 15 is 0 Å². The minimum atomic E-state index is 0.689. The van der Waals surface area contributed by atoms with Gasteiger partial charge < -0.3 is 0 Å². The second-order valence-corrected chi connectivity index (χ2v) is 5.30. The molecule has 16 heavy (non-hydrogen) atoms. The van der Waals surface area contributed by atoms with Gasteiger partial charge in [-0.25, -0.2) is 9.50 Å². The molecule has 2 heterocycles. The van der Waals surface area contributed by atoms with E-state index in [1.165, 1.54) is 37.7 Å². The van der Waals surface area contributed by atoms with E-state index in [2.05, 4.69) is 32.2 Å². The molecule has 84 valence electrons. The Morgan fingerprint density at radius 1 is 1.25 bits per heavy atom. The molecule has 4 heteroatoms. The van der Waals surface area contributed by atoms with Crippen molar-refractivity contribution in [1.29, 1.82) is 0 Å².